The Kier molecular flexibility index (Phi) is 18.8. The van der Waals surface area contributed by atoms with Crippen molar-refractivity contribution >= 4 is 0 Å². The minimum Gasteiger partial charge on any atom is -0.394 e. The molecule has 134 valence electrons. The van der Waals surface area contributed by atoms with Crippen molar-refractivity contribution in [3.05, 3.63) is 0 Å². The Labute approximate surface area is 138 Å². The predicted molar refractivity (Wildman–Crippen MR) is 94.4 cm³/mol. The average Bonchev–Trinajstić information content (AvgIpc) is 3.37. The van der Waals surface area contributed by atoms with Crippen LogP contribution in [0.3, 0.4) is 0 Å². The zero-order chi connectivity index (χ0) is 16.3. The van der Waals surface area contributed by atoms with E-state index in [0.29, 0.717) is 0 Å². The quantitative estimate of drug-likeness (QED) is 0.337. The third-order valence-corrected chi connectivity index (χ3v) is 3.89. The van der Waals surface area contributed by atoms with E-state index in [4.69, 9.17) is 9.84 Å². The van der Waals surface area contributed by atoms with Crippen molar-refractivity contribution in [2.45, 2.75) is 97.0 Å². The van der Waals surface area contributed by atoms with Gasteiger partial charge in [0.25, 0.3) is 0 Å². The number of aliphatic hydroxyl groups excluding tert-OH is 1. The van der Waals surface area contributed by atoms with E-state index < -0.39 is 0 Å². The standard InChI is InChI=1S/C16H34O.C3H6O2/c1-3-5-7-9-11-13-15-17-16-14-12-10-8-6-4-2;4-1-3-2-5-3/h3-16H2,1-2H3;3-4H,1-2H2. The normalized spacial score (nSPS) is 16.2. The van der Waals surface area contributed by atoms with Crippen molar-refractivity contribution in [2.75, 3.05) is 26.4 Å². The van der Waals surface area contributed by atoms with Crippen LogP contribution in [0, 0.1) is 0 Å². The molecule has 1 N–H and O–H groups in total. The first kappa shape index (κ1) is 21.9. The molecule has 1 heterocycles. The molecule has 1 rings (SSSR count). The molecule has 0 radical (unpaired) electrons. The summed E-state index contributed by atoms with van der Waals surface area (Å²) in [5.74, 6) is 0. The number of rotatable bonds is 15. The van der Waals surface area contributed by atoms with Crippen molar-refractivity contribution < 1.29 is 14.6 Å². The highest BCUT2D eigenvalue weighted by Gasteiger charge is 2.19. The highest BCUT2D eigenvalue weighted by atomic mass is 16.6. The van der Waals surface area contributed by atoms with Gasteiger partial charge in [0.2, 0.25) is 0 Å². The maximum Gasteiger partial charge on any atom is 0.104 e. The fourth-order valence-corrected chi connectivity index (χ4v) is 2.24. The lowest BCUT2D eigenvalue weighted by Gasteiger charge is -2.04. The molecule has 22 heavy (non-hydrogen) atoms. The second-order valence-corrected chi connectivity index (χ2v) is 6.29. The van der Waals surface area contributed by atoms with Gasteiger partial charge in [-0.3, -0.25) is 0 Å². The van der Waals surface area contributed by atoms with Gasteiger partial charge in [0.1, 0.15) is 6.10 Å². The molecular formula is C19H40O3. The topological polar surface area (TPSA) is 42.0 Å². The van der Waals surface area contributed by atoms with Gasteiger partial charge in [-0.05, 0) is 12.8 Å². The van der Waals surface area contributed by atoms with Gasteiger partial charge in [0.15, 0.2) is 0 Å². The van der Waals surface area contributed by atoms with Gasteiger partial charge in [0, 0.05) is 13.2 Å². The van der Waals surface area contributed by atoms with Gasteiger partial charge in [-0.1, -0.05) is 78.1 Å². The van der Waals surface area contributed by atoms with E-state index in [1.807, 2.05) is 0 Å². The SMILES string of the molecule is CCCCCCCCOCCCCCCCC.OCC1CO1. The van der Waals surface area contributed by atoms with Crippen LogP contribution in [0.15, 0.2) is 0 Å². The van der Waals surface area contributed by atoms with Gasteiger partial charge in [-0.15, -0.1) is 0 Å². The first-order valence-electron chi connectivity index (χ1n) is 9.65. The molecule has 1 unspecified atom stereocenters. The van der Waals surface area contributed by atoms with Gasteiger partial charge < -0.3 is 14.6 Å². The van der Waals surface area contributed by atoms with Crippen molar-refractivity contribution in [3.63, 3.8) is 0 Å². The van der Waals surface area contributed by atoms with E-state index in [0.717, 1.165) is 19.8 Å². The van der Waals surface area contributed by atoms with Crippen LogP contribution in [0.25, 0.3) is 0 Å². The average molecular weight is 317 g/mol. The van der Waals surface area contributed by atoms with Gasteiger partial charge >= 0.3 is 0 Å². The highest BCUT2D eigenvalue weighted by molar-refractivity contribution is 4.65. The number of hydrogen-bond donors (Lipinski definition) is 1. The smallest absolute Gasteiger partial charge is 0.104 e. The van der Waals surface area contributed by atoms with Crippen molar-refractivity contribution in [3.8, 4) is 0 Å². The van der Waals surface area contributed by atoms with E-state index in [-0.39, 0.29) is 12.7 Å². The molecule has 0 spiro atoms. The molecule has 3 heteroatoms. The van der Waals surface area contributed by atoms with Crippen LogP contribution in [-0.2, 0) is 9.47 Å². The fraction of sp³-hybridized carbons (Fsp3) is 1.00. The summed E-state index contributed by atoms with van der Waals surface area (Å²) < 4.78 is 10.3. The summed E-state index contributed by atoms with van der Waals surface area (Å²) in [6.45, 7) is 7.46. The summed E-state index contributed by atoms with van der Waals surface area (Å²) in [5.41, 5.74) is 0. The van der Waals surface area contributed by atoms with Crippen LogP contribution in [0.2, 0.25) is 0 Å². The summed E-state index contributed by atoms with van der Waals surface area (Å²) in [5, 5.41) is 8.08. The van der Waals surface area contributed by atoms with Crippen LogP contribution < -0.4 is 0 Å². The molecule has 1 aliphatic heterocycles. The van der Waals surface area contributed by atoms with E-state index in [1.54, 1.807) is 0 Å². The zero-order valence-electron chi connectivity index (χ0n) is 15.2. The molecule has 1 atom stereocenters. The second-order valence-electron chi connectivity index (χ2n) is 6.29. The van der Waals surface area contributed by atoms with Crippen LogP contribution in [0.1, 0.15) is 90.9 Å². The summed E-state index contributed by atoms with van der Waals surface area (Å²) in [6, 6.07) is 0. The van der Waals surface area contributed by atoms with Gasteiger partial charge in [-0.2, -0.15) is 0 Å². The lowest BCUT2D eigenvalue weighted by Crippen LogP contribution is -1.97. The minimum absolute atomic E-state index is 0.190. The molecule has 3 nitrogen and oxygen atoms in total. The van der Waals surface area contributed by atoms with Crippen LogP contribution in [0.5, 0.6) is 0 Å². The van der Waals surface area contributed by atoms with E-state index >= 15 is 0 Å². The maximum atomic E-state index is 8.08. The summed E-state index contributed by atoms with van der Waals surface area (Å²) >= 11 is 0. The molecule has 1 saturated heterocycles. The maximum absolute atomic E-state index is 8.08. The predicted octanol–water partition coefficient (Wildman–Crippen LogP) is 5.10. The molecular weight excluding hydrogens is 276 g/mol. The zero-order valence-corrected chi connectivity index (χ0v) is 15.2. The van der Waals surface area contributed by atoms with Crippen LogP contribution in [0.4, 0.5) is 0 Å². The number of unbranched alkanes of at least 4 members (excludes halogenated alkanes) is 10. The Morgan fingerprint density at radius 2 is 1.18 bits per heavy atom. The highest BCUT2D eigenvalue weighted by Crippen LogP contribution is 2.07. The monoisotopic (exact) mass is 316 g/mol. The largest absolute Gasteiger partial charge is 0.394 e. The number of aliphatic hydroxyl groups is 1. The molecule has 0 aliphatic carbocycles. The Balaban J connectivity index is 0.000000734. The summed E-state index contributed by atoms with van der Waals surface area (Å²) in [4.78, 5) is 0. The molecule has 0 amide bonds. The van der Waals surface area contributed by atoms with Crippen molar-refractivity contribution in [1.82, 2.24) is 0 Å². The molecule has 1 fully saturated rings. The molecule has 0 aromatic carbocycles. The van der Waals surface area contributed by atoms with E-state index in [2.05, 4.69) is 18.6 Å². The lowest BCUT2D eigenvalue weighted by atomic mass is 10.1. The van der Waals surface area contributed by atoms with E-state index in [1.165, 1.54) is 77.0 Å². The van der Waals surface area contributed by atoms with Crippen molar-refractivity contribution in [2.24, 2.45) is 0 Å². The van der Waals surface area contributed by atoms with Crippen LogP contribution >= 0.6 is 0 Å². The fourth-order valence-electron chi connectivity index (χ4n) is 2.24. The summed E-state index contributed by atoms with van der Waals surface area (Å²) in [7, 11) is 0. The van der Waals surface area contributed by atoms with Crippen molar-refractivity contribution in [1.29, 1.82) is 0 Å². The summed E-state index contributed by atoms with van der Waals surface area (Å²) in [6.07, 6.45) is 16.5. The third-order valence-electron chi connectivity index (χ3n) is 3.89. The van der Waals surface area contributed by atoms with Gasteiger partial charge in [0.05, 0.1) is 13.2 Å². The molecule has 1 aliphatic rings. The molecule has 0 aromatic rings. The van der Waals surface area contributed by atoms with E-state index in [9.17, 15) is 0 Å². The Hall–Kier alpha value is -0.120. The lowest BCUT2D eigenvalue weighted by molar-refractivity contribution is 0.125. The number of hydrogen-bond acceptors (Lipinski definition) is 3. The third kappa shape index (κ3) is 19.9. The molecule has 0 bridgehead atoms. The number of ether oxygens (including phenoxy) is 2. The Bertz CT molecular complexity index is 179. The van der Waals surface area contributed by atoms with Gasteiger partial charge in [-0.25, -0.2) is 0 Å². The minimum atomic E-state index is 0.190. The Morgan fingerprint density at radius 1 is 0.773 bits per heavy atom. The molecule has 0 aromatic heterocycles. The Morgan fingerprint density at radius 3 is 1.50 bits per heavy atom. The van der Waals surface area contributed by atoms with Crippen LogP contribution in [-0.4, -0.2) is 37.6 Å². The molecule has 0 saturated carbocycles. The first-order chi connectivity index (χ1) is 10.8. The number of epoxide rings is 1. The second kappa shape index (κ2) is 18.9. The first-order valence-corrected chi connectivity index (χ1v) is 9.65.